The second-order valence-corrected chi connectivity index (χ2v) is 5.57. The van der Waals surface area contributed by atoms with Gasteiger partial charge in [0.1, 0.15) is 0 Å². The molecule has 3 rings (SSSR count). The number of nitrogens with one attached hydrogen (secondary N) is 1. The van der Waals surface area contributed by atoms with E-state index in [2.05, 4.69) is 5.32 Å². The van der Waals surface area contributed by atoms with E-state index in [1.54, 1.807) is 30.5 Å². The molecule has 2 heterocycles. The number of nitrogens with zero attached hydrogens (tertiary/aromatic N) is 1. The van der Waals surface area contributed by atoms with Crippen LogP contribution in [-0.4, -0.2) is 17.0 Å². The van der Waals surface area contributed by atoms with Gasteiger partial charge in [-0.3, -0.25) is 9.59 Å². The van der Waals surface area contributed by atoms with Crippen LogP contribution in [0.4, 0.5) is 0 Å². The molecule has 0 bridgehead atoms. The van der Waals surface area contributed by atoms with E-state index in [1.165, 1.54) is 16.9 Å². The largest absolute Gasteiger partial charge is 0.459 e. The molecule has 2 aromatic heterocycles. The highest BCUT2D eigenvalue weighted by atomic mass is 35.5. The molecule has 6 heteroatoms. The number of pyridine rings is 1. The van der Waals surface area contributed by atoms with Crippen molar-refractivity contribution in [3.05, 3.63) is 75.9 Å². The van der Waals surface area contributed by atoms with Crippen LogP contribution in [0.25, 0.3) is 17.0 Å². The first-order chi connectivity index (χ1) is 11.6. The van der Waals surface area contributed by atoms with Gasteiger partial charge in [0.2, 0.25) is 5.91 Å². The van der Waals surface area contributed by atoms with Crippen LogP contribution in [0.5, 0.6) is 0 Å². The third-order valence-electron chi connectivity index (χ3n) is 3.56. The highest BCUT2D eigenvalue weighted by Crippen LogP contribution is 2.16. The molecule has 0 aliphatic carbocycles. The molecule has 0 saturated carbocycles. The van der Waals surface area contributed by atoms with Crippen LogP contribution < -0.4 is 10.9 Å². The SMILES string of the molecule is O=C(/C=C/c1ccccc1Cl)NCCn1ccc2ccoc2c1=O. The van der Waals surface area contributed by atoms with Crippen molar-refractivity contribution in [1.82, 2.24) is 9.88 Å². The van der Waals surface area contributed by atoms with Gasteiger partial charge in [-0.05, 0) is 29.8 Å². The van der Waals surface area contributed by atoms with Gasteiger partial charge in [-0.15, -0.1) is 0 Å². The zero-order valence-corrected chi connectivity index (χ0v) is 13.5. The molecular formula is C18H15ClN2O3. The predicted octanol–water partition coefficient (Wildman–Crippen LogP) is 3.08. The number of fused-ring (bicyclic) bond motifs is 1. The molecule has 3 aromatic rings. The highest BCUT2D eigenvalue weighted by Gasteiger charge is 2.05. The molecule has 24 heavy (non-hydrogen) atoms. The Labute approximate surface area is 143 Å². The number of carbonyl (C=O) groups excluding carboxylic acids is 1. The fourth-order valence-electron chi connectivity index (χ4n) is 2.30. The van der Waals surface area contributed by atoms with E-state index < -0.39 is 0 Å². The lowest BCUT2D eigenvalue weighted by Crippen LogP contribution is -2.29. The van der Waals surface area contributed by atoms with Crippen LogP contribution >= 0.6 is 11.6 Å². The number of rotatable bonds is 5. The molecule has 0 aliphatic heterocycles. The molecule has 0 fully saturated rings. The van der Waals surface area contributed by atoms with Crippen LogP contribution in [0, 0.1) is 0 Å². The molecule has 0 spiro atoms. The Morgan fingerprint density at radius 1 is 1.25 bits per heavy atom. The Morgan fingerprint density at radius 3 is 2.92 bits per heavy atom. The summed E-state index contributed by atoms with van der Waals surface area (Å²) in [5, 5.41) is 4.08. The maximum Gasteiger partial charge on any atom is 0.294 e. The molecule has 0 radical (unpaired) electrons. The van der Waals surface area contributed by atoms with E-state index in [0.29, 0.717) is 23.7 Å². The van der Waals surface area contributed by atoms with Crippen LogP contribution in [-0.2, 0) is 11.3 Å². The summed E-state index contributed by atoms with van der Waals surface area (Å²) in [4.78, 5) is 24.0. The lowest BCUT2D eigenvalue weighted by Gasteiger charge is -2.06. The van der Waals surface area contributed by atoms with Crippen molar-refractivity contribution in [3.8, 4) is 0 Å². The van der Waals surface area contributed by atoms with Gasteiger partial charge >= 0.3 is 0 Å². The minimum absolute atomic E-state index is 0.210. The first kappa shape index (κ1) is 16.1. The molecule has 0 aliphatic rings. The van der Waals surface area contributed by atoms with Crippen molar-refractivity contribution in [1.29, 1.82) is 0 Å². The number of hydrogen-bond donors (Lipinski definition) is 1. The monoisotopic (exact) mass is 342 g/mol. The maximum atomic E-state index is 12.1. The number of carbonyl (C=O) groups is 1. The topological polar surface area (TPSA) is 64.2 Å². The van der Waals surface area contributed by atoms with Crippen molar-refractivity contribution in [2.45, 2.75) is 6.54 Å². The van der Waals surface area contributed by atoms with Crippen LogP contribution in [0.2, 0.25) is 5.02 Å². The number of hydrogen-bond acceptors (Lipinski definition) is 3. The van der Waals surface area contributed by atoms with Crippen LogP contribution in [0.1, 0.15) is 5.56 Å². The summed E-state index contributed by atoms with van der Waals surface area (Å²) in [6.45, 7) is 0.693. The Hall–Kier alpha value is -2.79. The Morgan fingerprint density at radius 2 is 2.08 bits per heavy atom. The second kappa shape index (κ2) is 7.19. The zero-order valence-electron chi connectivity index (χ0n) is 12.7. The molecular weight excluding hydrogens is 328 g/mol. The smallest absolute Gasteiger partial charge is 0.294 e. The van der Waals surface area contributed by atoms with Gasteiger partial charge in [0.25, 0.3) is 5.56 Å². The van der Waals surface area contributed by atoms with Crippen molar-refractivity contribution < 1.29 is 9.21 Å². The molecule has 0 unspecified atom stereocenters. The van der Waals surface area contributed by atoms with E-state index in [-0.39, 0.29) is 11.5 Å². The highest BCUT2D eigenvalue weighted by molar-refractivity contribution is 6.32. The maximum absolute atomic E-state index is 12.1. The number of benzene rings is 1. The molecule has 0 atom stereocenters. The summed E-state index contributed by atoms with van der Waals surface area (Å²) < 4.78 is 6.68. The Kier molecular flexibility index (Phi) is 4.82. The Bertz CT molecular complexity index is 956. The molecule has 1 N–H and O–H groups in total. The standard InChI is InChI=1S/C18H15ClN2O3/c19-15-4-2-1-3-13(15)5-6-16(22)20-9-11-21-10-7-14-8-12-24-17(14)18(21)23/h1-8,10,12H,9,11H2,(H,20,22)/b6-5+. The molecule has 5 nitrogen and oxygen atoms in total. The minimum atomic E-state index is -0.248. The number of aromatic nitrogens is 1. The normalized spacial score (nSPS) is 11.2. The summed E-state index contributed by atoms with van der Waals surface area (Å²) in [6, 6.07) is 10.8. The quantitative estimate of drug-likeness (QED) is 0.725. The average Bonchev–Trinajstić information content (AvgIpc) is 3.06. The Balaban J connectivity index is 1.57. The summed E-state index contributed by atoms with van der Waals surface area (Å²) in [7, 11) is 0. The van der Waals surface area contributed by atoms with Gasteiger partial charge in [0.15, 0.2) is 5.58 Å². The first-order valence-electron chi connectivity index (χ1n) is 7.42. The lowest BCUT2D eigenvalue weighted by atomic mass is 10.2. The van der Waals surface area contributed by atoms with Crippen molar-refractivity contribution in [3.63, 3.8) is 0 Å². The number of furan rings is 1. The third-order valence-corrected chi connectivity index (χ3v) is 3.90. The summed E-state index contributed by atoms with van der Waals surface area (Å²) in [6.07, 6.45) is 6.24. The van der Waals surface area contributed by atoms with Crippen LogP contribution in [0.3, 0.4) is 0 Å². The van der Waals surface area contributed by atoms with Crippen LogP contribution in [0.15, 0.2) is 64.1 Å². The van der Waals surface area contributed by atoms with Crippen molar-refractivity contribution >= 4 is 34.6 Å². The molecule has 1 aromatic carbocycles. The molecule has 122 valence electrons. The summed E-state index contributed by atoms with van der Waals surface area (Å²) in [5.41, 5.74) is 0.884. The van der Waals surface area contributed by atoms with E-state index in [0.717, 1.165) is 10.9 Å². The van der Waals surface area contributed by atoms with Crippen molar-refractivity contribution in [2.24, 2.45) is 0 Å². The van der Waals surface area contributed by atoms with Gasteiger partial charge in [-0.2, -0.15) is 0 Å². The van der Waals surface area contributed by atoms with Gasteiger partial charge in [-0.25, -0.2) is 0 Å². The molecule has 0 saturated heterocycles. The van der Waals surface area contributed by atoms with E-state index >= 15 is 0 Å². The van der Waals surface area contributed by atoms with Gasteiger partial charge in [-0.1, -0.05) is 29.8 Å². The second-order valence-electron chi connectivity index (χ2n) is 5.17. The minimum Gasteiger partial charge on any atom is -0.459 e. The third kappa shape index (κ3) is 3.58. The number of halogens is 1. The number of amides is 1. The van der Waals surface area contributed by atoms with Gasteiger partial charge in [0.05, 0.1) is 6.26 Å². The fraction of sp³-hybridized carbons (Fsp3) is 0.111. The average molecular weight is 343 g/mol. The lowest BCUT2D eigenvalue weighted by molar-refractivity contribution is -0.116. The van der Waals surface area contributed by atoms with Gasteiger partial charge in [0, 0.05) is 35.8 Å². The van der Waals surface area contributed by atoms with E-state index in [9.17, 15) is 9.59 Å². The van der Waals surface area contributed by atoms with E-state index in [1.807, 2.05) is 18.2 Å². The first-order valence-corrected chi connectivity index (χ1v) is 7.80. The van der Waals surface area contributed by atoms with Crippen molar-refractivity contribution in [2.75, 3.05) is 6.54 Å². The molecule has 1 amide bonds. The summed E-state index contributed by atoms with van der Waals surface area (Å²) >= 11 is 6.02. The van der Waals surface area contributed by atoms with E-state index in [4.69, 9.17) is 16.0 Å². The zero-order chi connectivity index (χ0) is 16.9. The fourth-order valence-corrected chi connectivity index (χ4v) is 2.50. The van der Waals surface area contributed by atoms with Gasteiger partial charge < -0.3 is 14.3 Å². The summed E-state index contributed by atoms with van der Waals surface area (Å²) in [5.74, 6) is -0.248. The predicted molar refractivity (Wildman–Crippen MR) is 94.0 cm³/mol.